The summed E-state index contributed by atoms with van der Waals surface area (Å²) in [4.78, 5) is 17.1. The highest BCUT2D eigenvalue weighted by Gasteiger charge is 2.27. The highest BCUT2D eigenvalue weighted by Crippen LogP contribution is 2.27. The number of anilines is 2. The second-order valence-electron chi connectivity index (χ2n) is 7.80. The number of amides is 1. The highest BCUT2D eigenvalue weighted by atomic mass is 32.2. The molecule has 0 radical (unpaired) electrons. The van der Waals surface area contributed by atoms with Crippen molar-refractivity contribution < 1.29 is 17.9 Å². The summed E-state index contributed by atoms with van der Waals surface area (Å²) >= 11 is 0. The molecule has 0 aliphatic carbocycles. The molecular formula is C27H25N3O4S. The van der Waals surface area contributed by atoms with Gasteiger partial charge in [0.25, 0.3) is 10.0 Å². The van der Waals surface area contributed by atoms with E-state index in [1.165, 1.54) is 19.2 Å². The van der Waals surface area contributed by atoms with Crippen molar-refractivity contribution in [3.8, 4) is 5.75 Å². The van der Waals surface area contributed by atoms with E-state index in [9.17, 15) is 13.2 Å². The fraction of sp³-hybridized carbons (Fsp3) is 0.111. The summed E-state index contributed by atoms with van der Waals surface area (Å²) in [5.74, 6) is 0.0233. The summed E-state index contributed by atoms with van der Waals surface area (Å²) < 4.78 is 33.2. The van der Waals surface area contributed by atoms with Crippen LogP contribution in [0.1, 0.15) is 11.1 Å². The Morgan fingerprint density at radius 2 is 1.57 bits per heavy atom. The standard InChI is InChI=1S/C27H25N3O4S/c1-34-25-7-5-6-24(19-25)30(35(32,33)26-8-3-2-4-9-26)20-27(31)29-23-12-10-21(11-13-23)18-22-14-16-28-17-15-22/h2-17,19H,18,20H2,1H3,(H,29,31). The number of nitrogens with one attached hydrogen (secondary N) is 1. The Balaban J connectivity index is 1.53. The predicted molar refractivity (Wildman–Crippen MR) is 136 cm³/mol. The molecule has 4 rings (SSSR count). The fourth-order valence-electron chi connectivity index (χ4n) is 3.57. The fourth-order valence-corrected chi connectivity index (χ4v) is 5.01. The van der Waals surface area contributed by atoms with E-state index in [2.05, 4.69) is 10.3 Å². The first-order valence-corrected chi connectivity index (χ1v) is 12.4. The molecule has 0 unspecified atom stereocenters. The van der Waals surface area contributed by atoms with Crippen LogP contribution in [0, 0.1) is 0 Å². The molecule has 1 heterocycles. The van der Waals surface area contributed by atoms with Gasteiger partial charge >= 0.3 is 0 Å². The number of methoxy groups -OCH3 is 1. The van der Waals surface area contributed by atoms with Gasteiger partial charge in [-0.15, -0.1) is 0 Å². The van der Waals surface area contributed by atoms with Crippen LogP contribution in [0.4, 0.5) is 11.4 Å². The number of hydrogen-bond donors (Lipinski definition) is 1. The van der Waals surface area contributed by atoms with E-state index in [0.717, 1.165) is 21.9 Å². The molecular weight excluding hydrogens is 462 g/mol. The van der Waals surface area contributed by atoms with E-state index < -0.39 is 22.5 Å². The summed E-state index contributed by atoms with van der Waals surface area (Å²) in [5, 5.41) is 2.80. The quantitative estimate of drug-likeness (QED) is 0.375. The number of rotatable bonds is 9. The molecule has 0 fully saturated rings. The maximum absolute atomic E-state index is 13.4. The van der Waals surface area contributed by atoms with Gasteiger partial charge in [0.15, 0.2) is 0 Å². The van der Waals surface area contributed by atoms with Gasteiger partial charge in [-0.25, -0.2) is 8.42 Å². The minimum absolute atomic E-state index is 0.0936. The summed E-state index contributed by atoms with van der Waals surface area (Å²) in [5.41, 5.74) is 3.13. The van der Waals surface area contributed by atoms with Crippen LogP contribution in [0.15, 0.2) is 108 Å². The maximum atomic E-state index is 13.4. The predicted octanol–water partition coefficient (Wildman–Crippen LogP) is 4.52. The van der Waals surface area contributed by atoms with Crippen LogP contribution in [-0.2, 0) is 21.2 Å². The summed E-state index contributed by atoms with van der Waals surface area (Å²) in [6.45, 7) is -0.400. The van der Waals surface area contributed by atoms with Gasteiger partial charge in [-0.3, -0.25) is 14.1 Å². The molecule has 1 N–H and O–H groups in total. The Morgan fingerprint density at radius 1 is 0.886 bits per heavy atom. The molecule has 3 aromatic carbocycles. The lowest BCUT2D eigenvalue weighted by Gasteiger charge is -2.24. The van der Waals surface area contributed by atoms with Crippen molar-refractivity contribution in [2.24, 2.45) is 0 Å². The first-order valence-electron chi connectivity index (χ1n) is 11.0. The van der Waals surface area contributed by atoms with Crippen LogP contribution < -0.4 is 14.4 Å². The Kier molecular flexibility index (Phi) is 7.42. The normalized spacial score (nSPS) is 11.0. The highest BCUT2D eigenvalue weighted by molar-refractivity contribution is 7.92. The summed E-state index contributed by atoms with van der Waals surface area (Å²) in [6, 6.07) is 26.0. The van der Waals surface area contributed by atoms with E-state index in [-0.39, 0.29) is 4.90 Å². The van der Waals surface area contributed by atoms with Gasteiger partial charge < -0.3 is 10.1 Å². The maximum Gasteiger partial charge on any atom is 0.264 e. The third-order valence-corrected chi connectivity index (χ3v) is 7.14. The molecule has 0 saturated heterocycles. The zero-order valence-electron chi connectivity index (χ0n) is 19.2. The van der Waals surface area contributed by atoms with Crippen molar-refractivity contribution in [2.45, 2.75) is 11.3 Å². The lowest BCUT2D eigenvalue weighted by molar-refractivity contribution is -0.114. The van der Waals surface area contributed by atoms with Crippen molar-refractivity contribution in [3.05, 3.63) is 115 Å². The van der Waals surface area contributed by atoms with Crippen LogP contribution in [-0.4, -0.2) is 33.0 Å². The number of carbonyl (C=O) groups excluding carboxylic acids is 1. The number of ether oxygens (including phenoxy) is 1. The van der Waals surface area contributed by atoms with Crippen molar-refractivity contribution in [2.75, 3.05) is 23.3 Å². The van der Waals surface area contributed by atoms with Crippen LogP contribution in [0.2, 0.25) is 0 Å². The molecule has 0 atom stereocenters. The molecule has 1 aromatic heterocycles. The van der Waals surface area contributed by atoms with Gasteiger partial charge in [0.2, 0.25) is 5.91 Å². The van der Waals surface area contributed by atoms with Gasteiger partial charge in [0.05, 0.1) is 17.7 Å². The average Bonchev–Trinajstić information content (AvgIpc) is 2.89. The first kappa shape index (κ1) is 24.0. The average molecular weight is 488 g/mol. The van der Waals surface area contributed by atoms with E-state index >= 15 is 0 Å². The minimum Gasteiger partial charge on any atom is -0.497 e. The molecule has 178 valence electrons. The Bertz CT molecular complexity index is 1380. The Labute approximate surface area is 205 Å². The zero-order valence-corrected chi connectivity index (χ0v) is 20.0. The molecule has 0 bridgehead atoms. The Morgan fingerprint density at radius 3 is 2.26 bits per heavy atom. The topological polar surface area (TPSA) is 88.6 Å². The smallest absolute Gasteiger partial charge is 0.264 e. The number of nitrogens with zero attached hydrogens (tertiary/aromatic N) is 2. The van der Waals surface area contributed by atoms with Gasteiger partial charge in [-0.05, 0) is 66.1 Å². The van der Waals surface area contributed by atoms with Gasteiger partial charge in [0, 0.05) is 24.1 Å². The lowest BCUT2D eigenvalue weighted by Crippen LogP contribution is -2.38. The van der Waals surface area contributed by atoms with Crippen LogP contribution in [0.5, 0.6) is 5.75 Å². The molecule has 0 saturated carbocycles. The number of carbonyl (C=O) groups is 1. The number of sulfonamides is 1. The molecule has 8 heteroatoms. The largest absolute Gasteiger partial charge is 0.497 e. The van der Waals surface area contributed by atoms with E-state index in [4.69, 9.17) is 4.74 Å². The number of pyridine rings is 1. The number of aromatic nitrogens is 1. The van der Waals surface area contributed by atoms with Crippen molar-refractivity contribution >= 4 is 27.3 Å². The Hall–Kier alpha value is -4.17. The third-order valence-electron chi connectivity index (χ3n) is 5.36. The van der Waals surface area contributed by atoms with E-state index in [1.807, 2.05) is 24.3 Å². The van der Waals surface area contributed by atoms with Gasteiger partial charge in [0.1, 0.15) is 12.3 Å². The van der Waals surface area contributed by atoms with Crippen molar-refractivity contribution in [1.29, 1.82) is 0 Å². The van der Waals surface area contributed by atoms with Gasteiger partial charge in [-0.1, -0.05) is 36.4 Å². The molecule has 7 nitrogen and oxygen atoms in total. The van der Waals surface area contributed by atoms with Crippen LogP contribution in [0.3, 0.4) is 0 Å². The monoisotopic (exact) mass is 487 g/mol. The van der Waals surface area contributed by atoms with Crippen LogP contribution >= 0.6 is 0 Å². The molecule has 0 aliphatic heterocycles. The number of benzene rings is 3. The summed E-state index contributed by atoms with van der Waals surface area (Å²) in [6.07, 6.45) is 4.25. The molecule has 0 aliphatic rings. The van der Waals surface area contributed by atoms with Gasteiger partial charge in [-0.2, -0.15) is 0 Å². The minimum atomic E-state index is -4.00. The van der Waals surface area contributed by atoms with E-state index in [1.54, 1.807) is 67.0 Å². The van der Waals surface area contributed by atoms with Crippen molar-refractivity contribution in [1.82, 2.24) is 4.98 Å². The second kappa shape index (κ2) is 10.8. The third kappa shape index (κ3) is 6.04. The molecule has 4 aromatic rings. The molecule has 0 spiro atoms. The first-order chi connectivity index (χ1) is 17.0. The van der Waals surface area contributed by atoms with Crippen LogP contribution in [0.25, 0.3) is 0 Å². The zero-order chi connectivity index (χ0) is 24.7. The van der Waals surface area contributed by atoms with E-state index in [0.29, 0.717) is 17.1 Å². The molecule has 35 heavy (non-hydrogen) atoms. The number of hydrogen-bond acceptors (Lipinski definition) is 5. The lowest BCUT2D eigenvalue weighted by atomic mass is 10.1. The summed E-state index contributed by atoms with van der Waals surface area (Å²) in [7, 11) is -2.50. The SMILES string of the molecule is COc1cccc(N(CC(=O)Nc2ccc(Cc3ccncc3)cc2)S(=O)(=O)c2ccccc2)c1. The molecule has 1 amide bonds. The second-order valence-corrected chi connectivity index (χ2v) is 9.67. The van der Waals surface area contributed by atoms with Crippen molar-refractivity contribution in [3.63, 3.8) is 0 Å².